The minimum absolute atomic E-state index is 0.0265. The lowest BCUT2D eigenvalue weighted by Gasteiger charge is -2.30. The van der Waals surface area contributed by atoms with Crippen LogP contribution in [0.15, 0.2) is 18.2 Å². The van der Waals surface area contributed by atoms with Crippen LogP contribution in [0, 0.1) is 5.92 Å². The Hall–Kier alpha value is -0.630. The molecule has 0 saturated carbocycles. The van der Waals surface area contributed by atoms with Gasteiger partial charge in [0.15, 0.2) is 0 Å². The summed E-state index contributed by atoms with van der Waals surface area (Å²) < 4.78 is 11.5. The first kappa shape index (κ1) is 27.4. The fourth-order valence-corrected chi connectivity index (χ4v) is 4.06. The molecular weight excluding hydrogens is 391 g/mol. The van der Waals surface area contributed by atoms with Gasteiger partial charge in [0.2, 0.25) is 0 Å². The van der Waals surface area contributed by atoms with Gasteiger partial charge in [-0.3, -0.25) is 0 Å². The third-order valence-electron chi connectivity index (χ3n) is 6.56. The van der Waals surface area contributed by atoms with E-state index in [2.05, 4.69) is 67.5 Å². The van der Waals surface area contributed by atoms with Crippen molar-refractivity contribution in [3.8, 4) is 5.75 Å². The first-order valence-electron chi connectivity index (χ1n) is 12.0. The summed E-state index contributed by atoms with van der Waals surface area (Å²) in [6.45, 7) is 18.6. The largest absolute Gasteiger partial charge is 0.427 e. The van der Waals surface area contributed by atoms with E-state index in [-0.39, 0.29) is 10.8 Å². The summed E-state index contributed by atoms with van der Waals surface area (Å²) in [7, 11) is -1.90. The molecule has 1 atom stereocenters. The Kier molecular flexibility index (Phi) is 11.9. The number of rotatable bonds is 15. The average Bonchev–Trinajstić information content (AvgIpc) is 2.69. The van der Waals surface area contributed by atoms with Crippen molar-refractivity contribution in [2.24, 2.45) is 5.92 Å². The molecule has 0 aliphatic heterocycles. The Balaban J connectivity index is 2.62. The van der Waals surface area contributed by atoms with Crippen LogP contribution in [-0.4, -0.2) is 11.5 Å². The molecule has 3 nitrogen and oxygen atoms in total. The SMILES string of the molecule is CCC(C)(C)c1ccc(OP(O)OCCCCCCCC(C)C)c(C(C)(C)CC)c1. The summed E-state index contributed by atoms with van der Waals surface area (Å²) in [6, 6.07) is 6.42. The smallest absolute Gasteiger partial charge is 0.394 e. The lowest BCUT2D eigenvalue weighted by atomic mass is 9.76. The second-order valence-electron chi connectivity index (χ2n) is 10.3. The van der Waals surface area contributed by atoms with Crippen LogP contribution >= 0.6 is 8.60 Å². The van der Waals surface area contributed by atoms with Gasteiger partial charge in [-0.2, -0.15) is 0 Å². The molecule has 0 bridgehead atoms. The Morgan fingerprint density at radius 1 is 0.900 bits per heavy atom. The molecule has 0 amide bonds. The van der Waals surface area contributed by atoms with E-state index in [9.17, 15) is 4.89 Å². The highest BCUT2D eigenvalue weighted by molar-refractivity contribution is 7.41. The molecule has 1 aromatic carbocycles. The van der Waals surface area contributed by atoms with Crippen LogP contribution in [0.3, 0.4) is 0 Å². The van der Waals surface area contributed by atoms with Gasteiger partial charge < -0.3 is 13.9 Å². The molecule has 174 valence electrons. The van der Waals surface area contributed by atoms with Gasteiger partial charge in [-0.25, -0.2) is 0 Å². The van der Waals surface area contributed by atoms with Crippen molar-refractivity contribution in [2.75, 3.05) is 6.61 Å². The van der Waals surface area contributed by atoms with Crippen molar-refractivity contribution in [3.05, 3.63) is 29.3 Å². The van der Waals surface area contributed by atoms with Gasteiger partial charge in [0, 0.05) is 5.56 Å². The molecule has 1 N–H and O–H groups in total. The van der Waals surface area contributed by atoms with Crippen molar-refractivity contribution in [1.82, 2.24) is 0 Å². The highest BCUT2D eigenvalue weighted by Crippen LogP contribution is 2.43. The second-order valence-corrected chi connectivity index (χ2v) is 11.2. The van der Waals surface area contributed by atoms with Gasteiger partial charge in [0.05, 0.1) is 6.61 Å². The quantitative estimate of drug-likeness (QED) is 0.220. The molecule has 1 aromatic rings. The second kappa shape index (κ2) is 13.0. The van der Waals surface area contributed by atoms with Crippen LogP contribution < -0.4 is 4.52 Å². The molecular formula is C26H47O3P. The monoisotopic (exact) mass is 438 g/mol. The van der Waals surface area contributed by atoms with Crippen molar-refractivity contribution in [2.45, 2.75) is 118 Å². The van der Waals surface area contributed by atoms with E-state index >= 15 is 0 Å². The van der Waals surface area contributed by atoms with Crippen LogP contribution in [0.1, 0.15) is 118 Å². The average molecular weight is 439 g/mol. The highest BCUT2D eigenvalue weighted by Gasteiger charge is 2.27. The van der Waals surface area contributed by atoms with E-state index < -0.39 is 8.60 Å². The van der Waals surface area contributed by atoms with E-state index in [1.165, 1.54) is 31.2 Å². The maximum atomic E-state index is 10.4. The molecule has 0 heterocycles. The third-order valence-corrected chi connectivity index (χ3v) is 7.32. The normalized spacial score (nSPS) is 13.7. The maximum Gasteiger partial charge on any atom is 0.394 e. The van der Waals surface area contributed by atoms with E-state index in [0.29, 0.717) is 6.61 Å². The van der Waals surface area contributed by atoms with E-state index in [4.69, 9.17) is 9.05 Å². The summed E-state index contributed by atoms with van der Waals surface area (Å²) in [4.78, 5) is 10.4. The lowest BCUT2D eigenvalue weighted by molar-refractivity contribution is 0.252. The molecule has 30 heavy (non-hydrogen) atoms. The standard InChI is InChI=1S/C26H47O3P/c1-9-25(5,6)22-17-18-24(23(20-22)26(7,8)10-2)29-30(27)28-19-15-13-11-12-14-16-21(3)4/h17-18,20-21,27H,9-16,19H2,1-8H3. The van der Waals surface area contributed by atoms with Crippen molar-refractivity contribution in [3.63, 3.8) is 0 Å². The molecule has 0 aliphatic rings. The van der Waals surface area contributed by atoms with Crippen LogP contribution in [0.5, 0.6) is 5.75 Å². The molecule has 4 heteroatoms. The molecule has 0 aromatic heterocycles. The Morgan fingerprint density at radius 3 is 2.10 bits per heavy atom. The predicted molar refractivity (Wildman–Crippen MR) is 131 cm³/mol. The van der Waals surface area contributed by atoms with Crippen molar-refractivity contribution < 1.29 is 13.9 Å². The molecule has 1 rings (SSSR count). The number of benzene rings is 1. The summed E-state index contributed by atoms with van der Waals surface area (Å²) in [5, 5.41) is 0. The summed E-state index contributed by atoms with van der Waals surface area (Å²) >= 11 is 0. The van der Waals surface area contributed by atoms with Gasteiger partial charge >= 0.3 is 8.60 Å². The Morgan fingerprint density at radius 2 is 1.50 bits per heavy atom. The zero-order valence-electron chi connectivity index (χ0n) is 20.9. The lowest BCUT2D eigenvalue weighted by Crippen LogP contribution is -2.20. The fraction of sp³-hybridized carbons (Fsp3) is 0.769. The van der Waals surface area contributed by atoms with Gasteiger partial charge in [-0.1, -0.05) is 99.6 Å². The van der Waals surface area contributed by atoms with Crippen LogP contribution in [0.25, 0.3) is 0 Å². The zero-order valence-corrected chi connectivity index (χ0v) is 21.8. The Labute approximate surface area is 188 Å². The van der Waals surface area contributed by atoms with E-state index in [1.807, 2.05) is 6.07 Å². The maximum absolute atomic E-state index is 10.4. The molecule has 0 fully saturated rings. The predicted octanol–water partition coefficient (Wildman–Crippen LogP) is 8.67. The van der Waals surface area contributed by atoms with Crippen LogP contribution in [-0.2, 0) is 15.4 Å². The van der Waals surface area contributed by atoms with Crippen molar-refractivity contribution in [1.29, 1.82) is 0 Å². The highest BCUT2D eigenvalue weighted by atomic mass is 31.2. The summed E-state index contributed by atoms with van der Waals surface area (Å²) in [5.74, 6) is 1.55. The van der Waals surface area contributed by atoms with Crippen LogP contribution in [0.4, 0.5) is 0 Å². The summed E-state index contributed by atoms with van der Waals surface area (Å²) in [5.41, 5.74) is 2.56. The number of unbranched alkanes of at least 4 members (excludes halogenated alkanes) is 4. The van der Waals surface area contributed by atoms with Gasteiger partial charge in [-0.05, 0) is 47.6 Å². The number of hydrogen-bond acceptors (Lipinski definition) is 3. The molecule has 0 saturated heterocycles. The molecule has 0 radical (unpaired) electrons. The van der Waals surface area contributed by atoms with Crippen LogP contribution in [0.2, 0.25) is 0 Å². The number of hydrogen-bond donors (Lipinski definition) is 1. The third kappa shape index (κ3) is 9.25. The fourth-order valence-electron chi connectivity index (χ4n) is 3.39. The van der Waals surface area contributed by atoms with Gasteiger partial charge in [-0.15, -0.1) is 0 Å². The van der Waals surface area contributed by atoms with Crippen molar-refractivity contribution >= 4 is 8.60 Å². The minimum Gasteiger partial charge on any atom is -0.427 e. The van der Waals surface area contributed by atoms with Gasteiger partial charge in [0.25, 0.3) is 0 Å². The minimum atomic E-state index is -1.90. The zero-order chi connectivity index (χ0) is 22.8. The Bertz CT molecular complexity index is 610. The molecule has 1 unspecified atom stereocenters. The molecule has 0 aliphatic carbocycles. The van der Waals surface area contributed by atoms with E-state index in [0.717, 1.165) is 42.9 Å². The van der Waals surface area contributed by atoms with E-state index in [1.54, 1.807) is 0 Å². The first-order chi connectivity index (χ1) is 14.0. The first-order valence-corrected chi connectivity index (χ1v) is 13.1. The molecule has 0 spiro atoms. The summed E-state index contributed by atoms with van der Waals surface area (Å²) in [6.07, 6.45) is 9.36. The van der Waals surface area contributed by atoms with Gasteiger partial charge in [0.1, 0.15) is 5.75 Å². The topological polar surface area (TPSA) is 38.7 Å².